The lowest BCUT2D eigenvalue weighted by atomic mass is 10.1. The highest BCUT2D eigenvalue weighted by molar-refractivity contribution is 5.94. The maximum absolute atomic E-state index is 13.2. The van der Waals surface area contributed by atoms with Gasteiger partial charge in [0.15, 0.2) is 6.10 Å². The van der Waals surface area contributed by atoms with Crippen LogP contribution in [-0.4, -0.2) is 12.0 Å². The van der Waals surface area contributed by atoms with E-state index in [0.29, 0.717) is 17.9 Å². The largest absolute Gasteiger partial charge is 0.480 e. The number of hydrogen-bond donors (Lipinski definition) is 1. The van der Waals surface area contributed by atoms with Gasteiger partial charge in [0.05, 0.1) is 0 Å². The molecule has 1 unspecified atom stereocenters. The van der Waals surface area contributed by atoms with E-state index in [1.807, 2.05) is 39.0 Å². The maximum atomic E-state index is 13.2. The minimum absolute atomic E-state index is 0.284. The van der Waals surface area contributed by atoms with Crippen molar-refractivity contribution in [2.24, 2.45) is 0 Å². The molecule has 0 radical (unpaired) electrons. The molecule has 0 bridgehead atoms. The molecule has 2 aromatic rings. The van der Waals surface area contributed by atoms with E-state index in [1.54, 1.807) is 12.1 Å². The minimum Gasteiger partial charge on any atom is -0.480 e. The first-order valence-electron chi connectivity index (χ1n) is 7.30. The Hall–Kier alpha value is -2.36. The zero-order chi connectivity index (χ0) is 16.1. The number of anilines is 1. The van der Waals surface area contributed by atoms with Crippen LogP contribution in [0.1, 0.15) is 24.5 Å². The zero-order valence-corrected chi connectivity index (χ0v) is 13.0. The van der Waals surface area contributed by atoms with Gasteiger partial charge in [0.1, 0.15) is 11.6 Å². The van der Waals surface area contributed by atoms with Gasteiger partial charge in [-0.25, -0.2) is 4.39 Å². The molecular formula is C18H20FNO2. The second kappa shape index (κ2) is 7.07. The number of halogens is 1. The Morgan fingerprint density at radius 1 is 1.23 bits per heavy atom. The van der Waals surface area contributed by atoms with Crippen molar-refractivity contribution >= 4 is 11.6 Å². The third kappa shape index (κ3) is 4.07. The first-order valence-corrected chi connectivity index (χ1v) is 7.30. The standard InChI is InChI=1S/C18H20FNO2/c1-4-16(22-17-9-8-12(2)10-13(17)3)18(21)20-15-7-5-6-14(19)11-15/h5-11,16H,4H2,1-3H3,(H,20,21). The summed E-state index contributed by atoms with van der Waals surface area (Å²) in [6, 6.07) is 11.6. The van der Waals surface area contributed by atoms with Crippen molar-refractivity contribution < 1.29 is 13.9 Å². The lowest BCUT2D eigenvalue weighted by Gasteiger charge is -2.19. The highest BCUT2D eigenvalue weighted by Crippen LogP contribution is 2.21. The van der Waals surface area contributed by atoms with Crippen LogP contribution in [0.15, 0.2) is 42.5 Å². The molecule has 3 nitrogen and oxygen atoms in total. The summed E-state index contributed by atoms with van der Waals surface area (Å²) in [5.41, 5.74) is 2.55. The summed E-state index contributed by atoms with van der Waals surface area (Å²) in [7, 11) is 0. The number of ether oxygens (including phenoxy) is 1. The van der Waals surface area contributed by atoms with E-state index in [4.69, 9.17) is 4.74 Å². The molecule has 0 spiro atoms. The second-order valence-electron chi connectivity index (χ2n) is 5.28. The first-order chi connectivity index (χ1) is 10.5. The van der Waals surface area contributed by atoms with Gasteiger partial charge in [-0.1, -0.05) is 30.7 Å². The van der Waals surface area contributed by atoms with Gasteiger partial charge in [-0.3, -0.25) is 4.79 Å². The summed E-state index contributed by atoms with van der Waals surface area (Å²) < 4.78 is 19.0. The summed E-state index contributed by atoms with van der Waals surface area (Å²) in [6.45, 7) is 5.82. The Labute approximate surface area is 130 Å². The van der Waals surface area contributed by atoms with E-state index in [-0.39, 0.29) is 11.7 Å². The summed E-state index contributed by atoms with van der Waals surface area (Å²) in [4.78, 5) is 12.3. The lowest BCUT2D eigenvalue weighted by molar-refractivity contribution is -0.122. The molecule has 0 aliphatic rings. The summed E-state index contributed by atoms with van der Waals surface area (Å²) in [5, 5.41) is 2.68. The molecule has 0 fully saturated rings. The van der Waals surface area contributed by atoms with Crippen molar-refractivity contribution in [3.63, 3.8) is 0 Å². The van der Waals surface area contributed by atoms with Crippen LogP contribution in [0, 0.1) is 19.7 Å². The van der Waals surface area contributed by atoms with Crippen LogP contribution in [0.5, 0.6) is 5.75 Å². The quantitative estimate of drug-likeness (QED) is 0.897. The Kier molecular flexibility index (Phi) is 5.15. The number of nitrogens with one attached hydrogen (secondary N) is 1. The average Bonchev–Trinajstić information content (AvgIpc) is 2.46. The third-order valence-electron chi connectivity index (χ3n) is 3.36. The van der Waals surface area contributed by atoms with Gasteiger partial charge in [0.2, 0.25) is 0 Å². The van der Waals surface area contributed by atoms with E-state index < -0.39 is 6.10 Å². The summed E-state index contributed by atoms with van der Waals surface area (Å²) in [5.74, 6) is 0.0149. The normalized spacial score (nSPS) is 11.8. The molecule has 2 aromatic carbocycles. The van der Waals surface area contributed by atoms with Gasteiger partial charge in [-0.05, 0) is 50.1 Å². The van der Waals surface area contributed by atoms with Gasteiger partial charge in [-0.15, -0.1) is 0 Å². The van der Waals surface area contributed by atoms with Crippen molar-refractivity contribution in [2.75, 3.05) is 5.32 Å². The van der Waals surface area contributed by atoms with E-state index >= 15 is 0 Å². The number of hydrogen-bond acceptors (Lipinski definition) is 2. The molecule has 0 aliphatic carbocycles. The maximum Gasteiger partial charge on any atom is 0.265 e. The van der Waals surface area contributed by atoms with Crippen LogP contribution in [0.3, 0.4) is 0 Å². The van der Waals surface area contributed by atoms with Gasteiger partial charge in [-0.2, -0.15) is 0 Å². The molecular weight excluding hydrogens is 281 g/mol. The van der Waals surface area contributed by atoms with Crippen LogP contribution in [0.2, 0.25) is 0 Å². The predicted molar refractivity (Wildman–Crippen MR) is 85.7 cm³/mol. The fraction of sp³-hybridized carbons (Fsp3) is 0.278. The lowest BCUT2D eigenvalue weighted by Crippen LogP contribution is -2.32. The molecule has 116 valence electrons. The zero-order valence-electron chi connectivity index (χ0n) is 13.0. The number of aryl methyl sites for hydroxylation is 2. The van der Waals surface area contributed by atoms with E-state index in [1.165, 1.54) is 12.1 Å². The fourth-order valence-corrected chi connectivity index (χ4v) is 2.20. The minimum atomic E-state index is -0.621. The Morgan fingerprint density at radius 2 is 2.00 bits per heavy atom. The molecule has 0 aliphatic heterocycles. The highest BCUT2D eigenvalue weighted by atomic mass is 19.1. The van der Waals surface area contributed by atoms with Crippen LogP contribution >= 0.6 is 0 Å². The summed E-state index contributed by atoms with van der Waals surface area (Å²) >= 11 is 0. The van der Waals surface area contributed by atoms with Crippen LogP contribution in [0.4, 0.5) is 10.1 Å². The molecule has 1 amide bonds. The van der Waals surface area contributed by atoms with E-state index in [2.05, 4.69) is 5.32 Å². The van der Waals surface area contributed by atoms with Crippen molar-refractivity contribution in [3.05, 3.63) is 59.4 Å². The Balaban J connectivity index is 2.09. The molecule has 4 heteroatoms. The predicted octanol–water partition coefficient (Wildman–Crippen LogP) is 4.24. The van der Waals surface area contributed by atoms with Crippen molar-refractivity contribution in [1.29, 1.82) is 0 Å². The number of carbonyl (C=O) groups excluding carboxylic acids is 1. The number of amides is 1. The number of benzene rings is 2. The molecule has 0 saturated heterocycles. The smallest absolute Gasteiger partial charge is 0.265 e. The third-order valence-corrected chi connectivity index (χ3v) is 3.36. The Bertz CT molecular complexity index is 670. The molecule has 0 heterocycles. The fourth-order valence-electron chi connectivity index (χ4n) is 2.20. The van der Waals surface area contributed by atoms with Crippen molar-refractivity contribution in [1.82, 2.24) is 0 Å². The highest BCUT2D eigenvalue weighted by Gasteiger charge is 2.19. The molecule has 2 rings (SSSR count). The molecule has 22 heavy (non-hydrogen) atoms. The van der Waals surface area contributed by atoms with E-state index in [0.717, 1.165) is 11.1 Å². The number of carbonyl (C=O) groups is 1. The van der Waals surface area contributed by atoms with Crippen LogP contribution in [-0.2, 0) is 4.79 Å². The first kappa shape index (κ1) is 16.0. The van der Waals surface area contributed by atoms with Crippen molar-refractivity contribution in [3.8, 4) is 5.75 Å². The number of rotatable bonds is 5. The summed E-state index contributed by atoms with van der Waals surface area (Å²) in [6.07, 6.45) is -0.0984. The molecule has 0 aromatic heterocycles. The van der Waals surface area contributed by atoms with Gasteiger partial charge >= 0.3 is 0 Å². The Morgan fingerprint density at radius 3 is 2.64 bits per heavy atom. The molecule has 0 saturated carbocycles. The average molecular weight is 301 g/mol. The van der Waals surface area contributed by atoms with Crippen LogP contribution < -0.4 is 10.1 Å². The monoisotopic (exact) mass is 301 g/mol. The molecule has 1 atom stereocenters. The van der Waals surface area contributed by atoms with Crippen molar-refractivity contribution in [2.45, 2.75) is 33.3 Å². The van der Waals surface area contributed by atoms with E-state index in [9.17, 15) is 9.18 Å². The SMILES string of the molecule is CCC(Oc1ccc(C)cc1C)C(=O)Nc1cccc(F)c1. The van der Waals surface area contributed by atoms with Gasteiger partial charge in [0, 0.05) is 5.69 Å². The second-order valence-corrected chi connectivity index (χ2v) is 5.28. The van der Waals surface area contributed by atoms with Gasteiger partial charge < -0.3 is 10.1 Å². The topological polar surface area (TPSA) is 38.3 Å². The van der Waals surface area contributed by atoms with Crippen LogP contribution in [0.25, 0.3) is 0 Å². The molecule has 1 N–H and O–H groups in total. The van der Waals surface area contributed by atoms with Gasteiger partial charge in [0.25, 0.3) is 5.91 Å².